The number of amides is 1. The lowest BCUT2D eigenvalue weighted by molar-refractivity contribution is -0.113. The summed E-state index contributed by atoms with van der Waals surface area (Å²) >= 11 is 17.9. The molecule has 0 fully saturated rings. The van der Waals surface area contributed by atoms with Crippen molar-refractivity contribution < 1.29 is 9.21 Å². The van der Waals surface area contributed by atoms with Crippen LogP contribution >= 0.6 is 34.8 Å². The second-order valence-corrected chi connectivity index (χ2v) is 4.91. The summed E-state index contributed by atoms with van der Waals surface area (Å²) in [5, 5.41) is 1.18. The number of hydrogen-bond acceptors (Lipinski definition) is 2. The van der Waals surface area contributed by atoms with Crippen LogP contribution in [-0.4, -0.2) is 5.91 Å². The summed E-state index contributed by atoms with van der Waals surface area (Å²) in [4.78, 5) is 10.6. The van der Waals surface area contributed by atoms with E-state index in [4.69, 9.17) is 45.0 Å². The maximum Gasteiger partial charge on any atom is 0.241 e. The lowest BCUT2D eigenvalue weighted by atomic mass is 10.2. The van der Waals surface area contributed by atoms with Gasteiger partial charge in [0, 0.05) is 11.6 Å². The van der Waals surface area contributed by atoms with E-state index >= 15 is 0 Å². The molecule has 0 radical (unpaired) electrons. The maximum absolute atomic E-state index is 10.6. The third-order valence-electron chi connectivity index (χ3n) is 2.31. The van der Waals surface area contributed by atoms with Gasteiger partial charge in [-0.3, -0.25) is 4.79 Å². The zero-order valence-corrected chi connectivity index (χ0v) is 11.8. The van der Waals surface area contributed by atoms with Gasteiger partial charge < -0.3 is 10.2 Å². The van der Waals surface area contributed by atoms with E-state index < -0.39 is 5.91 Å². The topological polar surface area (TPSA) is 56.2 Å². The van der Waals surface area contributed by atoms with Crippen molar-refractivity contribution in [3.05, 3.63) is 51.2 Å². The summed E-state index contributed by atoms with van der Waals surface area (Å²) in [5.74, 6) is 0.453. The minimum absolute atomic E-state index is 0.371. The Bertz CT molecular complexity index is 662. The molecule has 0 unspecified atom stereocenters. The standard InChI is InChI=1S/C13H8Cl3NO2/c14-9-6-11(16)10(15)5-8(9)12-3-1-7(19-12)2-4-13(17)18/h1-6H,(H2,17,18)/b4-2+. The Morgan fingerprint density at radius 1 is 1.11 bits per heavy atom. The first kappa shape index (κ1) is 14.0. The van der Waals surface area contributed by atoms with Crippen molar-refractivity contribution in [3.63, 3.8) is 0 Å². The fourth-order valence-corrected chi connectivity index (χ4v) is 2.10. The summed E-state index contributed by atoms with van der Waals surface area (Å²) in [5.41, 5.74) is 5.62. The van der Waals surface area contributed by atoms with Gasteiger partial charge in [-0.1, -0.05) is 34.8 Å². The lowest BCUT2D eigenvalue weighted by Gasteiger charge is -2.03. The maximum atomic E-state index is 10.6. The summed E-state index contributed by atoms with van der Waals surface area (Å²) in [6, 6.07) is 6.56. The van der Waals surface area contributed by atoms with Crippen LogP contribution in [0.3, 0.4) is 0 Å². The summed E-state index contributed by atoms with van der Waals surface area (Å²) in [7, 11) is 0. The molecule has 2 N–H and O–H groups in total. The molecule has 0 aliphatic rings. The number of furan rings is 1. The second kappa shape index (κ2) is 5.70. The number of carbonyl (C=O) groups is 1. The quantitative estimate of drug-likeness (QED) is 0.673. The summed E-state index contributed by atoms with van der Waals surface area (Å²) in [6.07, 6.45) is 2.68. The van der Waals surface area contributed by atoms with Crippen LogP contribution in [0.4, 0.5) is 0 Å². The Balaban J connectivity index is 2.38. The van der Waals surface area contributed by atoms with Gasteiger partial charge in [-0.2, -0.15) is 0 Å². The van der Waals surface area contributed by atoms with E-state index in [9.17, 15) is 4.79 Å². The van der Waals surface area contributed by atoms with Gasteiger partial charge in [-0.25, -0.2) is 0 Å². The summed E-state index contributed by atoms with van der Waals surface area (Å²) < 4.78 is 5.52. The molecule has 1 amide bonds. The first-order valence-corrected chi connectivity index (χ1v) is 6.33. The molecule has 1 heterocycles. The fraction of sp³-hybridized carbons (Fsp3) is 0. The third kappa shape index (κ3) is 3.32. The lowest BCUT2D eigenvalue weighted by Crippen LogP contribution is -2.04. The van der Waals surface area contributed by atoms with Crippen molar-refractivity contribution in [1.29, 1.82) is 0 Å². The highest BCUT2D eigenvalue weighted by Gasteiger charge is 2.11. The monoisotopic (exact) mass is 315 g/mol. The van der Waals surface area contributed by atoms with Gasteiger partial charge in [-0.15, -0.1) is 0 Å². The molecule has 2 aromatic rings. The van der Waals surface area contributed by atoms with E-state index in [1.165, 1.54) is 12.2 Å². The van der Waals surface area contributed by atoms with Crippen LogP contribution in [0.2, 0.25) is 15.1 Å². The molecule has 2 rings (SSSR count). The number of hydrogen-bond donors (Lipinski definition) is 1. The normalized spacial score (nSPS) is 11.1. The highest BCUT2D eigenvalue weighted by Crippen LogP contribution is 2.36. The minimum Gasteiger partial charge on any atom is -0.457 e. The van der Waals surface area contributed by atoms with E-state index in [0.717, 1.165) is 0 Å². The third-order valence-corrected chi connectivity index (χ3v) is 3.35. The molecule has 3 nitrogen and oxygen atoms in total. The average molecular weight is 317 g/mol. The van der Waals surface area contributed by atoms with Crippen molar-refractivity contribution in [2.45, 2.75) is 0 Å². The van der Waals surface area contributed by atoms with Gasteiger partial charge >= 0.3 is 0 Å². The molecule has 0 aliphatic heterocycles. The Morgan fingerprint density at radius 2 is 1.79 bits per heavy atom. The molecule has 0 aliphatic carbocycles. The Labute approximate surface area is 124 Å². The van der Waals surface area contributed by atoms with Crippen molar-refractivity contribution >= 4 is 46.8 Å². The largest absolute Gasteiger partial charge is 0.457 e. The van der Waals surface area contributed by atoms with Crippen LogP contribution in [0.15, 0.2) is 34.8 Å². The number of primary amides is 1. The average Bonchev–Trinajstić information content (AvgIpc) is 2.80. The number of benzene rings is 1. The van der Waals surface area contributed by atoms with Crippen molar-refractivity contribution in [1.82, 2.24) is 0 Å². The van der Waals surface area contributed by atoms with E-state index in [-0.39, 0.29) is 0 Å². The Hall–Kier alpha value is -1.42. The molecule has 0 atom stereocenters. The molecule has 6 heteroatoms. The zero-order valence-electron chi connectivity index (χ0n) is 9.49. The van der Waals surface area contributed by atoms with Gasteiger partial charge in [0.15, 0.2) is 0 Å². The molecule has 0 saturated heterocycles. The molecule has 1 aromatic heterocycles. The van der Waals surface area contributed by atoms with Crippen LogP contribution in [0.5, 0.6) is 0 Å². The fourth-order valence-electron chi connectivity index (χ4n) is 1.46. The zero-order chi connectivity index (χ0) is 14.0. The van der Waals surface area contributed by atoms with Crippen LogP contribution in [0, 0.1) is 0 Å². The highest BCUT2D eigenvalue weighted by atomic mass is 35.5. The van der Waals surface area contributed by atoms with Gasteiger partial charge in [0.25, 0.3) is 0 Å². The highest BCUT2D eigenvalue weighted by molar-refractivity contribution is 6.44. The van der Waals surface area contributed by atoms with Crippen LogP contribution in [0.1, 0.15) is 5.76 Å². The summed E-state index contributed by atoms with van der Waals surface area (Å²) in [6.45, 7) is 0. The second-order valence-electron chi connectivity index (χ2n) is 3.68. The number of carbonyl (C=O) groups excluding carboxylic acids is 1. The van der Waals surface area contributed by atoms with Crippen molar-refractivity contribution in [3.8, 4) is 11.3 Å². The van der Waals surface area contributed by atoms with Crippen LogP contribution in [-0.2, 0) is 4.79 Å². The first-order valence-electron chi connectivity index (χ1n) is 5.19. The van der Waals surface area contributed by atoms with Crippen LogP contribution in [0.25, 0.3) is 17.4 Å². The smallest absolute Gasteiger partial charge is 0.241 e. The number of rotatable bonds is 3. The molecular weight excluding hydrogens is 309 g/mol. The number of halogens is 3. The van der Waals surface area contributed by atoms with Gasteiger partial charge in [0.05, 0.1) is 15.1 Å². The molecule has 98 valence electrons. The van der Waals surface area contributed by atoms with Gasteiger partial charge in [-0.05, 0) is 30.3 Å². The van der Waals surface area contributed by atoms with E-state index in [0.29, 0.717) is 32.2 Å². The SMILES string of the molecule is NC(=O)/C=C/c1ccc(-c2cc(Cl)c(Cl)cc2Cl)o1. The van der Waals surface area contributed by atoms with Gasteiger partial charge in [0.1, 0.15) is 11.5 Å². The predicted octanol–water partition coefficient (Wildman–Crippen LogP) is 4.41. The Kier molecular flexibility index (Phi) is 4.20. The van der Waals surface area contributed by atoms with E-state index in [1.54, 1.807) is 24.3 Å². The molecule has 0 saturated carbocycles. The predicted molar refractivity (Wildman–Crippen MR) is 77.4 cm³/mol. The molecule has 19 heavy (non-hydrogen) atoms. The van der Waals surface area contributed by atoms with E-state index in [2.05, 4.69) is 0 Å². The molecule has 1 aromatic carbocycles. The minimum atomic E-state index is -0.550. The van der Waals surface area contributed by atoms with Crippen molar-refractivity contribution in [2.24, 2.45) is 5.73 Å². The molecule has 0 bridgehead atoms. The first-order chi connectivity index (χ1) is 8.97. The number of nitrogens with two attached hydrogens (primary N) is 1. The molecule has 0 spiro atoms. The van der Waals surface area contributed by atoms with E-state index in [1.807, 2.05) is 0 Å². The van der Waals surface area contributed by atoms with Gasteiger partial charge in [0.2, 0.25) is 5.91 Å². The molecular formula is C13H8Cl3NO2. The van der Waals surface area contributed by atoms with Crippen molar-refractivity contribution in [2.75, 3.05) is 0 Å². The van der Waals surface area contributed by atoms with Crippen LogP contribution < -0.4 is 5.73 Å². The Morgan fingerprint density at radius 3 is 2.47 bits per heavy atom.